The van der Waals surface area contributed by atoms with Gasteiger partial charge >= 0.3 is 0 Å². The lowest BCUT2D eigenvalue weighted by Gasteiger charge is -2.04. The summed E-state index contributed by atoms with van der Waals surface area (Å²) in [5.74, 6) is 1.11. The fraction of sp³-hybridized carbons (Fsp3) is 0.316. The largest absolute Gasteiger partial charge is 0.361 e. The number of nitrogens with zero attached hydrogens (tertiary/aromatic N) is 4. The average molecular weight is 379 g/mol. The van der Waals surface area contributed by atoms with Gasteiger partial charge in [0.25, 0.3) is 0 Å². The summed E-state index contributed by atoms with van der Waals surface area (Å²) in [7, 11) is 0. The number of hydrogen-bond acceptors (Lipinski definition) is 6. The minimum absolute atomic E-state index is 0.0477. The molecule has 0 fully saturated rings. The topological polar surface area (TPSA) is 125 Å². The zero-order valence-electron chi connectivity index (χ0n) is 15.5. The Morgan fingerprint density at radius 3 is 3.00 bits per heavy atom. The van der Waals surface area contributed by atoms with E-state index in [2.05, 4.69) is 60.7 Å². The molecule has 1 aromatic carbocycles. The van der Waals surface area contributed by atoms with E-state index >= 15 is 0 Å². The molecule has 0 saturated heterocycles. The minimum Gasteiger partial charge on any atom is -0.361 e. The quantitative estimate of drug-likeness (QED) is 0.431. The van der Waals surface area contributed by atoms with Crippen molar-refractivity contribution in [2.45, 2.75) is 32.6 Å². The number of H-pyrrole nitrogens is 2. The van der Waals surface area contributed by atoms with E-state index in [1.165, 1.54) is 28.4 Å². The van der Waals surface area contributed by atoms with Crippen molar-refractivity contribution in [2.75, 3.05) is 6.54 Å². The third-order valence-corrected chi connectivity index (χ3v) is 4.65. The Balaban J connectivity index is 1.26. The zero-order valence-corrected chi connectivity index (χ0v) is 15.5. The summed E-state index contributed by atoms with van der Waals surface area (Å²) in [5, 5.41) is 14.4. The van der Waals surface area contributed by atoms with E-state index in [1.807, 2.05) is 6.20 Å². The molecule has 0 spiro atoms. The van der Waals surface area contributed by atoms with E-state index in [1.54, 1.807) is 0 Å². The minimum atomic E-state index is -0.0477. The van der Waals surface area contributed by atoms with Crippen LogP contribution < -0.4 is 5.32 Å². The van der Waals surface area contributed by atoms with Crippen molar-refractivity contribution in [3.8, 4) is 11.6 Å². The highest BCUT2D eigenvalue weighted by Gasteiger charge is 2.12. The first-order valence-electron chi connectivity index (χ1n) is 9.27. The van der Waals surface area contributed by atoms with Crippen molar-refractivity contribution in [2.24, 2.45) is 0 Å². The Hall–Kier alpha value is -3.49. The van der Waals surface area contributed by atoms with Gasteiger partial charge in [-0.15, -0.1) is 0 Å². The van der Waals surface area contributed by atoms with Crippen LogP contribution in [0.25, 0.3) is 22.6 Å². The van der Waals surface area contributed by atoms with Gasteiger partial charge in [-0.05, 0) is 24.0 Å². The molecule has 9 nitrogen and oxygen atoms in total. The molecule has 3 N–H and O–H groups in total. The first kappa shape index (κ1) is 17.9. The van der Waals surface area contributed by atoms with Gasteiger partial charge in [0.15, 0.2) is 5.82 Å². The lowest BCUT2D eigenvalue weighted by molar-refractivity contribution is -0.121. The molecule has 0 aliphatic rings. The predicted molar refractivity (Wildman–Crippen MR) is 102 cm³/mol. The summed E-state index contributed by atoms with van der Waals surface area (Å²) < 4.78 is 5.14. The summed E-state index contributed by atoms with van der Waals surface area (Å²) in [6.07, 6.45) is 5.82. The number of carbonyl (C=O) groups excluding carboxylic acids is 1. The van der Waals surface area contributed by atoms with Crippen LogP contribution in [-0.4, -0.2) is 42.8 Å². The molecule has 3 heterocycles. The molecule has 0 unspecified atom stereocenters. The summed E-state index contributed by atoms with van der Waals surface area (Å²) in [5.41, 5.74) is 3.70. The number of aryl methyl sites for hydroxylation is 2. The number of hydrogen-bond donors (Lipinski definition) is 3. The van der Waals surface area contributed by atoms with Crippen molar-refractivity contribution in [3.63, 3.8) is 0 Å². The number of aromatic amines is 2. The first-order chi connectivity index (χ1) is 13.7. The van der Waals surface area contributed by atoms with Gasteiger partial charge < -0.3 is 14.8 Å². The van der Waals surface area contributed by atoms with E-state index in [-0.39, 0.29) is 12.3 Å². The molecule has 1 amide bonds. The third kappa shape index (κ3) is 3.78. The zero-order chi connectivity index (χ0) is 19.3. The number of nitrogens with one attached hydrogen (secondary N) is 3. The van der Waals surface area contributed by atoms with Crippen molar-refractivity contribution in [1.29, 1.82) is 0 Å². The molecule has 9 heteroatoms. The molecular formula is C19H21N7O2. The maximum Gasteiger partial charge on any atom is 0.239 e. The second kappa shape index (κ2) is 8.03. The Morgan fingerprint density at radius 1 is 1.25 bits per heavy atom. The van der Waals surface area contributed by atoms with Crippen LogP contribution >= 0.6 is 0 Å². The van der Waals surface area contributed by atoms with Crippen LogP contribution in [0, 0.1) is 0 Å². The number of amides is 1. The average Bonchev–Trinajstić information content (AvgIpc) is 3.46. The number of rotatable bonds is 8. The normalized spacial score (nSPS) is 11.2. The Morgan fingerprint density at radius 2 is 2.18 bits per heavy atom. The molecule has 0 aliphatic carbocycles. The Bertz CT molecular complexity index is 1070. The lowest BCUT2D eigenvalue weighted by Crippen LogP contribution is -2.25. The number of fused-ring (bicyclic) bond motifs is 1. The van der Waals surface area contributed by atoms with Crippen molar-refractivity contribution in [3.05, 3.63) is 47.7 Å². The summed E-state index contributed by atoms with van der Waals surface area (Å²) in [6, 6.07) is 6.33. The highest BCUT2D eigenvalue weighted by Crippen LogP contribution is 2.22. The van der Waals surface area contributed by atoms with Crippen LogP contribution in [-0.2, 0) is 24.1 Å². The molecule has 0 atom stereocenters. The van der Waals surface area contributed by atoms with Gasteiger partial charge in [-0.1, -0.05) is 30.3 Å². The van der Waals surface area contributed by atoms with E-state index in [0.717, 1.165) is 12.8 Å². The van der Waals surface area contributed by atoms with Gasteiger partial charge in [-0.3, -0.25) is 9.89 Å². The van der Waals surface area contributed by atoms with Crippen molar-refractivity contribution >= 4 is 16.8 Å². The number of benzene rings is 1. The molecule has 3 aromatic heterocycles. The maximum atomic E-state index is 12.1. The number of aromatic nitrogens is 6. The predicted octanol–water partition coefficient (Wildman–Crippen LogP) is 2.19. The van der Waals surface area contributed by atoms with Crippen LogP contribution in [0.15, 0.2) is 35.2 Å². The fourth-order valence-electron chi connectivity index (χ4n) is 3.19. The summed E-state index contributed by atoms with van der Waals surface area (Å²) >= 11 is 0. The standard InChI is InChI=1S/C19H21N7O2/c1-2-12-4-3-5-14-13(10-21-17(12)14)8-9-20-15(27)6-7-16-24-19(26-28-16)18-22-11-23-25-18/h3-5,10-11,21H,2,6-9H2,1H3,(H,20,27)(H,22,23,25). The lowest BCUT2D eigenvalue weighted by atomic mass is 10.1. The van der Waals surface area contributed by atoms with Crippen LogP contribution in [0.4, 0.5) is 0 Å². The SMILES string of the molecule is CCc1cccc2c(CCNC(=O)CCc3nc(-c4ncn[nH]4)no3)c[nH]c12. The van der Waals surface area contributed by atoms with Gasteiger partial charge in [-0.2, -0.15) is 10.1 Å². The van der Waals surface area contributed by atoms with Crippen LogP contribution in [0.2, 0.25) is 0 Å². The summed E-state index contributed by atoms with van der Waals surface area (Å²) in [6.45, 7) is 2.72. The maximum absolute atomic E-state index is 12.1. The van der Waals surface area contributed by atoms with Crippen LogP contribution in [0.3, 0.4) is 0 Å². The molecule has 0 radical (unpaired) electrons. The van der Waals surface area contributed by atoms with E-state index in [4.69, 9.17) is 4.52 Å². The highest BCUT2D eigenvalue weighted by atomic mass is 16.5. The molecule has 4 aromatic rings. The number of carbonyl (C=O) groups is 1. The Labute approximate surface area is 161 Å². The van der Waals surface area contributed by atoms with Gasteiger partial charge in [0.05, 0.1) is 0 Å². The second-order valence-corrected chi connectivity index (χ2v) is 6.45. The number of para-hydroxylation sites is 1. The third-order valence-electron chi connectivity index (χ3n) is 4.65. The molecule has 0 aliphatic heterocycles. The van der Waals surface area contributed by atoms with E-state index in [9.17, 15) is 4.79 Å². The molecule has 4 rings (SSSR count). The van der Waals surface area contributed by atoms with Crippen LogP contribution in [0.5, 0.6) is 0 Å². The second-order valence-electron chi connectivity index (χ2n) is 6.45. The smallest absolute Gasteiger partial charge is 0.239 e. The summed E-state index contributed by atoms with van der Waals surface area (Å²) in [4.78, 5) is 23.6. The first-order valence-corrected chi connectivity index (χ1v) is 9.27. The fourth-order valence-corrected chi connectivity index (χ4v) is 3.19. The van der Waals surface area contributed by atoms with Crippen molar-refractivity contribution < 1.29 is 9.32 Å². The van der Waals surface area contributed by atoms with Gasteiger partial charge in [0.1, 0.15) is 6.33 Å². The van der Waals surface area contributed by atoms with E-state index < -0.39 is 0 Å². The van der Waals surface area contributed by atoms with Gasteiger partial charge in [0.2, 0.25) is 17.6 Å². The highest BCUT2D eigenvalue weighted by molar-refractivity contribution is 5.86. The molecule has 0 bridgehead atoms. The van der Waals surface area contributed by atoms with Gasteiger partial charge in [0, 0.05) is 36.5 Å². The molecule has 0 saturated carbocycles. The monoisotopic (exact) mass is 379 g/mol. The molecule has 28 heavy (non-hydrogen) atoms. The molecule has 144 valence electrons. The van der Waals surface area contributed by atoms with Gasteiger partial charge in [-0.25, -0.2) is 4.98 Å². The molecular weight excluding hydrogens is 358 g/mol. The van der Waals surface area contributed by atoms with Crippen molar-refractivity contribution in [1.82, 2.24) is 35.6 Å². The van der Waals surface area contributed by atoms with E-state index in [0.29, 0.717) is 30.5 Å². The van der Waals surface area contributed by atoms with Crippen LogP contribution in [0.1, 0.15) is 30.4 Å². The Kier molecular flexibility index (Phi) is 5.14.